The van der Waals surface area contributed by atoms with Crippen LogP contribution in [0.15, 0.2) is 18.2 Å². The first-order valence-corrected chi connectivity index (χ1v) is 6.65. The lowest BCUT2D eigenvalue weighted by Gasteiger charge is -2.14. The second-order valence-electron chi connectivity index (χ2n) is 5.51. The first kappa shape index (κ1) is 16.0. The Hall–Kier alpha value is -2.09. The van der Waals surface area contributed by atoms with E-state index in [4.69, 9.17) is 10.00 Å². The standard InChI is InChI=1S/C15H20N2O3/c1-12-10-13(17(18)19)6-7-14(12)20-9-5-4-8-15(2,3)11-16/h6-7,10H,4-5,8-9H2,1-3H3. The maximum atomic E-state index is 10.6. The van der Waals surface area contributed by atoms with Gasteiger partial charge in [0.1, 0.15) is 5.75 Å². The number of rotatable bonds is 7. The van der Waals surface area contributed by atoms with Crippen molar-refractivity contribution in [3.05, 3.63) is 33.9 Å². The van der Waals surface area contributed by atoms with Crippen LogP contribution < -0.4 is 4.74 Å². The number of non-ortho nitro benzene ring substituents is 1. The molecule has 0 atom stereocenters. The fourth-order valence-corrected chi connectivity index (χ4v) is 1.82. The summed E-state index contributed by atoms with van der Waals surface area (Å²) in [6.45, 7) is 6.20. The van der Waals surface area contributed by atoms with E-state index in [0.717, 1.165) is 24.8 Å². The average molecular weight is 276 g/mol. The van der Waals surface area contributed by atoms with Crippen molar-refractivity contribution < 1.29 is 9.66 Å². The summed E-state index contributed by atoms with van der Waals surface area (Å²) < 4.78 is 5.61. The van der Waals surface area contributed by atoms with E-state index < -0.39 is 4.92 Å². The highest BCUT2D eigenvalue weighted by Crippen LogP contribution is 2.24. The first-order chi connectivity index (χ1) is 9.35. The summed E-state index contributed by atoms with van der Waals surface area (Å²) in [7, 11) is 0. The summed E-state index contributed by atoms with van der Waals surface area (Å²) in [5, 5.41) is 19.5. The van der Waals surface area contributed by atoms with Crippen molar-refractivity contribution in [1.82, 2.24) is 0 Å². The maximum absolute atomic E-state index is 10.6. The lowest BCUT2D eigenvalue weighted by atomic mass is 9.89. The van der Waals surface area contributed by atoms with E-state index in [1.54, 1.807) is 13.0 Å². The molecule has 1 aromatic rings. The molecule has 0 aliphatic rings. The van der Waals surface area contributed by atoms with Gasteiger partial charge in [-0.25, -0.2) is 0 Å². The molecule has 0 bridgehead atoms. The normalized spacial score (nSPS) is 10.9. The minimum Gasteiger partial charge on any atom is -0.493 e. The Labute approximate surface area is 119 Å². The average Bonchev–Trinajstić information content (AvgIpc) is 2.39. The zero-order valence-corrected chi connectivity index (χ0v) is 12.2. The molecule has 0 N–H and O–H groups in total. The van der Waals surface area contributed by atoms with Crippen molar-refractivity contribution in [3.8, 4) is 11.8 Å². The Bertz CT molecular complexity index is 518. The molecule has 20 heavy (non-hydrogen) atoms. The van der Waals surface area contributed by atoms with E-state index in [9.17, 15) is 10.1 Å². The molecule has 0 unspecified atom stereocenters. The van der Waals surface area contributed by atoms with Gasteiger partial charge < -0.3 is 4.74 Å². The van der Waals surface area contributed by atoms with Crippen LogP contribution in [0.3, 0.4) is 0 Å². The number of nitro benzene ring substituents is 1. The van der Waals surface area contributed by atoms with Crippen LogP contribution in [-0.2, 0) is 0 Å². The molecule has 0 aromatic heterocycles. The Morgan fingerprint density at radius 3 is 2.65 bits per heavy atom. The number of nitro groups is 1. The van der Waals surface area contributed by atoms with Crippen LogP contribution in [-0.4, -0.2) is 11.5 Å². The monoisotopic (exact) mass is 276 g/mol. The van der Waals surface area contributed by atoms with Gasteiger partial charge in [-0.1, -0.05) is 0 Å². The van der Waals surface area contributed by atoms with Crippen LogP contribution in [0.5, 0.6) is 5.75 Å². The van der Waals surface area contributed by atoms with Crippen molar-refractivity contribution in [1.29, 1.82) is 5.26 Å². The molecule has 108 valence electrons. The molecule has 0 fully saturated rings. The smallest absolute Gasteiger partial charge is 0.269 e. The zero-order chi connectivity index (χ0) is 15.2. The van der Waals surface area contributed by atoms with Crippen molar-refractivity contribution >= 4 is 5.69 Å². The van der Waals surface area contributed by atoms with Crippen LogP contribution in [0.2, 0.25) is 0 Å². The Morgan fingerprint density at radius 2 is 2.10 bits per heavy atom. The number of hydrogen-bond acceptors (Lipinski definition) is 4. The Kier molecular flexibility index (Phi) is 5.51. The van der Waals surface area contributed by atoms with E-state index in [1.165, 1.54) is 12.1 Å². The predicted molar refractivity (Wildman–Crippen MR) is 76.6 cm³/mol. The third-order valence-corrected chi connectivity index (χ3v) is 3.13. The van der Waals surface area contributed by atoms with Gasteiger partial charge in [-0.2, -0.15) is 5.26 Å². The quantitative estimate of drug-likeness (QED) is 0.428. The molecule has 0 saturated heterocycles. The van der Waals surface area contributed by atoms with Crippen molar-refractivity contribution in [3.63, 3.8) is 0 Å². The molecular weight excluding hydrogens is 256 g/mol. The molecule has 0 amide bonds. The molecule has 0 radical (unpaired) electrons. The minimum atomic E-state index is -0.416. The van der Waals surface area contributed by atoms with Gasteiger partial charge in [0.25, 0.3) is 5.69 Å². The van der Waals surface area contributed by atoms with Gasteiger partial charge >= 0.3 is 0 Å². The fourth-order valence-electron chi connectivity index (χ4n) is 1.82. The van der Waals surface area contributed by atoms with E-state index in [1.807, 2.05) is 13.8 Å². The fraction of sp³-hybridized carbons (Fsp3) is 0.533. The van der Waals surface area contributed by atoms with Crippen LogP contribution in [0.25, 0.3) is 0 Å². The highest BCUT2D eigenvalue weighted by atomic mass is 16.6. The number of nitrogens with zero attached hydrogens (tertiary/aromatic N) is 2. The SMILES string of the molecule is Cc1cc([N+](=O)[O-])ccc1OCCCCC(C)(C)C#N. The summed E-state index contributed by atoms with van der Waals surface area (Å²) in [5.41, 5.74) is 0.547. The van der Waals surface area contributed by atoms with Crippen LogP contribution in [0.1, 0.15) is 38.7 Å². The van der Waals surface area contributed by atoms with Gasteiger partial charge in [-0.05, 0) is 51.7 Å². The molecule has 5 heteroatoms. The number of unbranched alkanes of at least 4 members (excludes halogenated alkanes) is 1. The van der Waals surface area contributed by atoms with Gasteiger partial charge in [-0.15, -0.1) is 0 Å². The summed E-state index contributed by atoms with van der Waals surface area (Å²) in [4.78, 5) is 10.2. The number of benzene rings is 1. The highest BCUT2D eigenvalue weighted by molar-refractivity contribution is 5.42. The lowest BCUT2D eigenvalue weighted by molar-refractivity contribution is -0.384. The molecule has 0 saturated carbocycles. The van der Waals surface area contributed by atoms with Crippen LogP contribution >= 0.6 is 0 Å². The van der Waals surface area contributed by atoms with Crippen molar-refractivity contribution in [2.24, 2.45) is 5.41 Å². The molecule has 1 rings (SSSR count). The zero-order valence-electron chi connectivity index (χ0n) is 12.2. The summed E-state index contributed by atoms with van der Waals surface area (Å²) in [6, 6.07) is 6.86. The minimum absolute atomic E-state index is 0.0746. The summed E-state index contributed by atoms with van der Waals surface area (Å²) >= 11 is 0. The van der Waals surface area contributed by atoms with Gasteiger partial charge in [0.15, 0.2) is 0 Å². The number of hydrogen-bond donors (Lipinski definition) is 0. The van der Waals surface area contributed by atoms with E-state index in [2.05, 4.69) is 6.07 Å². The largest absolute Gasteiger partial charge is 0.493 e. The highest BCUT2D eigenvalue weighted by Gasteiger charge is 2.15. The van der Waals surface area contributed by atoms with E-state index in [-0.39, 0.29) is 11.1 Å². The van der Waals surface area contributed by atoms with Crippen LogP contribution in [0, 0.1) is 33.8 Å². The summed E-state index contributed by atoms with van der Waals surface area (Å²) in [5.74, 6) is 0.676. The third kappa shape index (κ3) is 4.88. The molecule has 0 aliphatic carbocycles. The van der Waals surface area contributed by atoms with E-state index >= 15 is 0 Å². The first-order valence-electron chi connectivity index (χ1n) is 6.65. The number of nitriles is 1. The van der Waals surface area contributed by atoms with Gasteiger partial charge in [0, 0.05) is 12.1 Å². The summed E-state index contributed by atoms with van der Waals surface area (Å²) in [6.07, 6.45) is 2.63. The molecular formula is C15H20N2O3. The van der Waals surface area contributed by atoms with Gasteiger partial charge in [0.2, 0.25) is 0 Å². The third-order valence-electron chi connectivity index (χ3n) is 3.13. The second kappa shape index (κ2) is 6.90. The molecule has 0 heterocycles. The van der Waals surface area contributed by atoms with Crippen LogP contribution in [0.4, 0.5) is 5.69 Å². The number of aryl methyl sites for hydroxylation is 1. The second-order valence-corrected chi connectivity index (χ2v) is 5.51. The molecule has 1 aromatic carbocycles. The Morgan fingerprint density at radius 1 is 1.40 bits per heavy atom. The maximum Gasteiger partial charge on any atom is 0.269 e. The molecule has 0 aliphatic heterocycles. The Balaban J connectivity index is 2.40. The van der Waals surface area contributed by atoms with E-state index in [0.29, 0.717) is 12.4 Å². The van der Waals surface area contributed by atoms with Crippen molar-refractivity contribution in [2.45, 2.75) is 40.0 Å². The van der Waals surface area contributed by atoms with Gasteiger partial charge in [-0.3, -0.25) is 10.1 Å². The predicted octanol–water partition coefficient (Wildman–Crippen LogP) is 4.00. The molecule has 5 nitrogen and oxygen atoms in total. The molecule has 0 spiro atoms. The topological polar surface area (TPSA) is 76.2 Å². The lowest BCUT2D eigenvalue weighted by Crippen LogP contribution is -2.08. The number of ether oxygens (including phenoxy) is 1. The van der Waals surface area contributed by atoms with Gasteiger partial charge in [0.05, 0.1) is 23.0 Å². The van der Waals surface area contributed by atoms with Crippen molar-refractivity contribution in [2.75, 3.05) is 6.61 Å².